The molecule has 0 bridgehead atoms. The van der Waals surface area contributed by atoms with Gasteiger partial charge in [-0.3, -0.25) is 6.08 Å². The molecule has 3 heteroatoms. The van der Waals surface area contributed by atoms with Crippen molar-refractivity contribution in [2.24, 2.45) is 0 Å². The first-order valence-electron chi connectivity index (χ1n) is 13.3. The van der Waals surface area contributed by atoms with Gasteiger partial charge in [-0.2, -0.15) is 35.4 Å². The van der Waals surface area contributed by atoms with Gasteiger partial charge in [0.25, 0.3) is 0 Å². The van der Waals surface area contributed by atoms with Crippen LogP contribution in [0.5, 0.6) is 0 Å². The molecule has 3 aliphatic rings. The van der Waals surface area contributed by atoms with E-state index in [0.717, 1.165) is 25.7 Å². The summed E-state index contributed by atoms with van der Waals surface area (Å²) in [4.78, 5) is 0. The smallest absolute Gasteiger partial charge is 0.00259 e. The fourth-order valence-corrected chi connectivity index (χ4v) is 5.62. The third-order valence-electron chi connectivity index (χ3n) is 6.96. The van der Waals surface area contributed by atoms with Crippen LogP contribution in [0.15, 0.2) is 109 Å². The van der Waals surface area contributed by atoms with Crippen molar-refractivity contribution >= 4 is 3.21 Å². The predicted octanol–water partition coefficient (Wildman–Crippen LogP) is 2.44. The van der Waals surface area contributed by atoms with Crippen LogP contribution in [0.4, 0.5) is 0 Å². The van der Waals surface area contributed by atoms with E-state index < -0.39 is 0 Å². The van der Waals surface area contributed by atoms with E-state index in [9.17, 15) is 0 Å². The summed E-state index contributed by atoms with van der Waals surface area (Å²) in [7, 11) is 0. The largest absolute Gasteiger partial charge is 0.179 e. The van der Waals surface area contributed by atoms with E-state index in [0.29, 0.717) is 0 Å². The van der Waals surface area contributed by atoms with Crippen LogP contribution in [-0.4, -0.2) is 3.21 Å². The Hall–Kier alpha value is -2.31. The summed E-state index contributed by atoms with van der Waals surface area (Å²) in [5.74, 6) is 0. The summed E-state index contributed by atoms with van der Waals surface area (Å²) in [6.45, 7) is 0. The van der Waals surface area contributed by atoms with Crippen molar-refractivity contribution in [2.75, 3.05) is 0 Å². The summed E-state index contributed by atoms with van der Waals surface area (Å²) in [6, 6.07) is 36.4. The van der Waals surface area contributed by atoms with Crippen LogP contribution in [-0.2, 0) is 43.5 Å². The molecule has 7 rings (SSSR count). The maximum Gasteiger partial charge on any atom is -0.00259 e. The van der Waals surface area contributed by atoms with Gasteiger partial charge >= 0.3 is 46.7 Å². The van der Waals surface area contributed by atoms with Crippen LogP contribution < -0.4 is 24.8 Å². The molecular formula is C36H32Cl2Zr-2. The average molecular weight is 627 g/mol. The first-order chi connectivity index (χ1) is 18.2. The molecule has 0 aromatic heterocycles. The Morgan fingerprint density at radius 3 is 1.82 bits per heavy atom. The van der Waals surface area contributed by atoms with Crippen LogP contribution in [0, 0.1) is 12.1 Å². The number of benzene rings is 4. The van der Waals surface area contributed by atoms with Gasteiger partial charge in [-0.1, -0.05) is 95.6 Å². The van der Waals surface area contributed by atoms with Crippen molar-refractivity contribution in [1.29, 1.82) is 0 Å². The molecule has 3 aliphatic carbocycles. The van der Waals surface area contributed by atoms with Crippen molar-refractivity contribution in [3.05, 3.63) is 155 Å². The van der Waals surface area contributed by atoms with Crippen LogP contribution in [0.1, 0.15) is 59.1 Å². The second-order valence-electron chi connectivity index (χ2n) is 9.85. The zero-order valence-electron chi connectivity index (χ0n) is 22.1. The number of fused-ring (bicyclic) bond motifs is 3. The SMILES string of the molecule is [C-]1=CC=CC1.[Cl-].[Cl-].[Zr+2]=[C]1CCC1.[c-]1cc(Cc2ccccc2)cc2c1Cc1ccc(Cc3ccccc3)cc1-2. The Morgan fingerprint density at radius 1 is 0.692 bits per heavy atom. The number of halogens is 2. The fraction of sp³-hybridized carbons (Fsp3) is 0.194. The minimum Gasteiger partial charge on any atom is -0.179 e. The van der Waals surface area contributed by atoms with Gasteiger partial charge in [0.15, 0.2) is 0 Å². The van der Waals surface area contributed by atoms with Gasteiger partial charge in [0.2, 0.25) is 0 Å². The topological polar surface area (TPSA) is 0 Å². The molecule has 1 fully saturated rings. The Labute approximate surface area is 261 Å². The number of hydrogen-bond acceptors (Lipinski definition) is 0. The minimum atomic E-state index is 0. The Morgan fingerprint density at radius 2 is 1.31 bits per heavy atom. The van der Waals surface area contributed by atoms with Gasteiger partial charge in [0.1, 0.15) is 0 Å². The second-order valence-corrected chi connectivity index (χ2v) is 11.6. The van der Waals surface area contributed by atoms with Crippen LogP contribution in [0.25, 0.3) is 11.1 Å². The molecule has 0 N–H and O–H groups in total. The van der Waals surface area contributed by atoms with Crippen molar-refractivity contribution < 1.29 is 49.0 Å². The number of hydrogen-bond donors (Lipinski definition) is 0. The average Bonchev–Trinajstić information content (AvgIpc) is 3.61. The maximum atomic E-state index is 3.55. The summed E-state index contributed by atoms with van der Waals surface area (Å²) >= 11 is 1.67. The van der Waals surface area contributed by atoms with Crippen LogP contribution >= 0.6 is 0 Å². The molecule has 4 aromatic carbocycles. The zero-order valence-corrected chi connectivity index (χ0v) is 26.1. The third-order valence-corrected chi connectivity index (χ3v) is 8.19. The van der Waals surface area contributed by atoms with Gasteiger partial charge < -0.3 is 24.8 Å². The van der Waals surface area contributed by atoms with E-state index in [1.807, 2.05) is 12.2 Å². The van der Waals surface area contributed by atoms with E-state index in [1.165, 1.54) is 63.8 Å². The van der Waals surface area contributed by atoms with Gasteiger partial charge in [0.05, 0.1) is 0 Å². The van der Waals surface area contributed by atoms with E-state index in [2.05, 4.69) is 109 Å². The zero-order chi connectivity index (χ0) is 25.3. The van der Waals surface area contributed by atoms with Gasteiger partial charge in [0, 0.05) is 0 Å². The minimum absolute atomic E-state index is 0. The number of rotatable bonds is 4. The Bertz CT molecular complexity index is 1300. The van der Waals surface area contributed by atoms with E-state index >= 15 is 0 Å². The third kappa shape index (κ3) is 9.11. The van der Waals surface area contributed by atoms with Crippen molar-refractivity contribution in [3.63, 3.8) is 0 Å². The Kier molecular flexibility index (Phi) is 12.9. The molecule has 0 aliphatic heterocycles. The molecule has 0 spiro atoms. The quantitative estimate of drug-likeness (QED) is 0.269. The summed E-state index contributed by atoms with van der Waals surface area (Å²) < 4.78 is 1.78. The standard InChI is InChI=1S/C27H21.C5H5.C4H6.2ClH.Zr/c1-3-7-20(8-4-1)15-22-11-13-24-19-25-14-12-23(18-27(25)26(24)17-22)16-21-9-5-2-6-10-21;1-2-4-5-3-1;1-2-4-3-1;;;/h1-13,17-18H,15-16,19H2;1-3H,4H2;1-3H2;2*1H;/q2*-1;;;;+2/p-2. The molecule has 39 heavy (non-hydrogen) atoms. The molecule has 4 aromatic rings. The summed E-state index contributed by atoms with van der Waals surface area (Å²) in [5.41, 5.74) is 10.9. The molecular weight excluding hydrogens is 595 g/mol. The van der Waals surface area contributed by atoms with Crippen molar-refractivity contribution in [2.45, 2.75) is 44.9 Å². The Balaban J connectivity index is 0.000000295. The first-order valence-corrected chi connectivity index (χ1v) is 14.5. The van der Waals surface area contributed by atoms with E-state index in [4.69, 9.17) is 0 Å². The van der Waals surface area contributed by atoms with Crippen LogP contribution in [0.3, 0.4) is 0 Å². The van der Waals surface area contributed by atoms with E-state index in [1.54, 1.807) is 27.4 Å². The fourth-order valence-electron chi connectivity index (χ4n) is 4.75. The predicted molar refractivity (Wildman–Crippen MR) is 152 cm³/mol. The molecule has 0 amide bonds. The van der Waals surface area contributed by atoms with E-state index in [-0.39, 0.29) is 24.8 Å². The molecule has 0 unspecified atom stereocenters. The van der Waals surface area contributed by atoms with Gasteiger partial charge in [-0.25, -0.2) is 12.2 Å². The second kappa shape index (κ2) is 16.1. The molecule has 196 valence electrons. The molecule has 0 radical (unpaired) electrons. The van der Waals surface area contributed by atoms with Gasteiger partial charge in [-0.05, 0) is 30.4 Å². The number of allylic oxidation sites excluding steroid dienone is 4. The maximum absolute atomic E-state index is 3.55. The molecule has 1 saturated carbocycles. The first kappa shape index (κ1) is 31.2. The molecule has 0 saturated heterocycles. The normalized spacial score (nSPS) is 13.3. The van der Waals surface area contributed by atoms with Crippen molar-refractivity contribution in [1.82, 2.24) is 0 Å². The molecule has 0 nitrogen and oxygen atoms in total. The molecule has 0 heterocycles. The monoisotopic (exact) mass is 624 g/mol. The summed E-state index contributed by atoms with van der Waals surface area (Å²) in [5, 5.41) is 0. The summed E-state index contributed by atoms with van der Waals surface area (Å²) in [6.07, 6.45) is 17.3. The van der Waals surface area contributed by atoms with Crippen molar-refractivity contribution in [3.8, 4) is 11.1 Å². The van der Waals surface area contributed by atoms with Gasteiger partial charge in [-0.15, -0.1) is 12.0 Å². The molecule has 0 atom stereocenters. The van der Waals surface area contributed by atoms with Crippen LogP contribution in [0.2, 0.25) is 0 Å².